The summed E-state index contributed by atoms with van der Waals surface area (Å²) in [5.41, 5.74) is -1.71. The van der Waals surface area contributed by atoms with Gasteiger partial charge in [0.25, 0.3) is 0 Å². The molecule has 0 bridgehead atoms. The molecule has 0 aliphatic heterocycles. The highest BCUT2D eigenvalue weighted by molar-refractivity contribution is 7.91. The molecule has 0 heterocycles. The average molecular weight is 185 g/mol. The first-order chi connectivity index (χ1) is 6.45. The molecule has 0 saturated carbocycles. The quantitative estimate of drug-likeness (QED) is 0.531. The van der Waals surface area contributed by atoms with E-state index in [0.29, 0.717) is 10.6 Å². The summed E-state index contributed by atoms with van der Waals surface area (Å²) in [5, 5.41) is 0. The van der Waals surface area contributed by atoms with Gasteiger partial charge in [-0.3, -0.25) is 0 Å². The fraction of sp³-hybridized carbons (Fsp3) is 0.333. The van der Waals surface area contributed by atoms with Crippen LogP contribution in [0.25, 0.3) is 0 Å². The lowest BCUT2D eigenvalue weighted by atomic mass is 10.3. The van der Waals surface area contributed by atoms with Crippen molar-refractivity contribution in [3.05, 3.63) is 24.3 Å². The minimum Gasteiger partial charge on any atom is -0.611 e. The Labute approximate surface area is 78.5 Å². The third-order valence-electron chi connectivity index (χ3n) is 1.46. The highest BCUT2D eigenvalue weighted by Gasteiger charge is 2.06. The molecule has 0 spiro atoms. The van der Waals surface area contributed by atoms with Gasteiger partial charge in [-0.15, -0.1) is 0 Å². The fourth-order valence-corrected chi connectivity index (χ4v) is 1.44. The van der Waals surface area contributed by atoms with E-state index in [1.54, 1.807) is 31.4 Å². The Morgan fingerprint density at radius 1 is 1.50 bits per heavy atom. The molecule has 0 saturated heterocycles. The summed E-state index contributed by atoms with van der Waals surface area (Å²) < 4.78 is 31.1. The Morgan fingerprint density at radius 2 is 2.08 bits per heavy atom. The van der Waals surface area contributed by atoms with E-state index in [9.17, 15) is 4.55 Å². The molecule has 1 rings (SSSR count). The van der Waals surface area contributed by atoms with Crippen LogP contribution >= 0.6 is 0 Å². The van der Waals surface area contributed by atoms with Crippen LogP contribution in [0.1, 0.15) is 9.67 Å². The van der Waals surface area contributed by atoms with Gasteiger partial charge in [0.1, 0.15) is 11.5 Å². The lowest BCUT2D eigenvalue weighted by molar-refractivity contribution is 0.414. The highest BCUT2D eigenvalue weighted by Crippen LogP contribution is 2.16. The summed E-state index contributed by atoms with van der Waals surface area (Å²) in [6.07, 6.45) is 0. The standard InChI is InChI=1S/C9H12O2S/c1-3-12(10)9-6-4-8(11-2)5-7-9/h4-7H,3H2,1-2H3/i3+1H2. The normalized spacial score (nSPS) is 16.2. The van der Waals surface area contributed by atoms with Gasteiger partial charge in [-0.25, -0.2) is 0 Å². The molecular weight excluding hydrogens is 173 g/mol. The Morgan fingerprint density at radius 3 is 2.50 bits per heavy atom. The van der Waals surface area contributed by atoms with Crippen molar-refractivity contribution in [2.45, 2.75) is 11.8 Å². The molecule has 0 aliphatic rings. The molecule has 1 aromatic rings. The molecule has 1 atom stereocenters. The second-order valence-electron chi connectivity index (χ2n) is 2.15. The monoisotopic (exact) mass is 185 g/mol. The van der Waals surface area contributed by atoms with Crippen LogP contribution in [-0.4, -0.2) is 17.4 Å². The van der Waals surface area contributed by atoms with Crippen molar-refractivity contribution < 1.29 is 12.0 Å². The van der Waals surface area contributed by atoms with E-state index < -0.39 is 16.9 Å². The molecule has 12 heavy (non-hydrogen) atoms. The predicted molar refractivity (Wildman–Crippen MR) is 49.9 cm³/mol. The zero-order chi connectivity index (χ0) is 10.8. The molecule has 0 radical (unpaired) electrons. The smallest absolute Gasteiger partial charge is 0.152 e. The van der Waals surface area contributed by atoms with E-state index in [1.807, 2.05) is 0 Å². The van der Waals surface area contributed by atoms with E-state index in [1.165, 1.54) is 6.92 Å². The molecule has 2 nitrogen and oxygen atoms in total. The van der Waals surface area contributed by atoms with Crippen LogP contribution in [0.4, 0.5) is 0 Å². The molecule has 1 aromatic carbocycles. The van der Waals surface area contributed by atoms with Crippen LogP contribution in [0.2, 0.25) is 0 Å². The summed E-state index contributed by atoms with van der Waals surface area (Å²) in [6, 6.07) is 6.55. The minimum absolute atomic E-state index is 0.471. The largest absolute Gasteiger partial charge is 0.611 e. The topological polar surface area (TPSA) is 32.3 Å². The first-order valence-corrected chi connectivity index (χ1v) is 4.66. The lowest BCUT2D eigenvalue weighted by Gasteiger charge is -2.07. The van der Waals surface area contributed by atoms with Crippen LogP contribution < -0.4 is 4.74 Å². The van der Waals surface area contributed by atoms with Crippen LogP contribution in [0.5, 0.6) is 5.75 Å². The van der Waals surface area contributed by atoms with Gasteiger partial charge in [-0.05, 0) is 42.4 Å². The molecule has 0 fully saturated rings. The Hall–Kier alpha value is -0.670. The molecule has 66 valence electrons. The van der Waals surface area contributed by atoms with E-state index >= 15 is 0 Å². The van der Waals surface area contributed by atoms with Gasteiger partial charge in [0.15, 0.2) is 4.90 Å². The van der Waals surface area contributed by atoms with Crippen molar-refractivity contribution in [2.75, 3.05) is 12.8 Å². The van der Waals surface area contributed by atoms with Gasteiger partial charge >= 0.3 is 0 Å². The number of hydrogen-bond acceptors (Lipinski definition) is 2. The maximum atomic E-state index is 11.6. The van der Waals surface area contributed by atoms with Gasteiger partial charge in [0.2, 0.25) is 0 Å². The van der Waals surface area contributed by atoms with Gasteiger partial charge in [0, 0.05) is 0 Å². The number of rotatable bonds is 3. The van der Waals surface area contributed by atoms with Crippen LogP contribution in [0, 0.1) is 0 Å². The predicted octanol–water partition coefficient (Wildman–Crippen LogP) is 1.82. The third-order valence-corrected chi connectivity index (χ3v) is 2.53. The van der Waals surface area contributed by atoms with Crippen molar-refractivity contribution >= 4 is 11.2 Å². The molecule has 1 unspecified atom stereocenters. The molecule has 0 aromatic heterocycles. The second kappa shape index (κ2) is 4.38. The fourth-order valence-electron chi connectivity index (χ4n) is 0.817. The van der Waals surface area contributed by atoms with E-state index in [4.69, 9.17) is 7.48 Å². The summed E-state index contributed by atoms with van der Waals surface area (Å²) >= 11 is -1.63. The SMILES string of the molecule is [1H][13C]([1H])(C)[S+]([O-])c1ccc(OC)cc1. The zero-order valence-electron chi connectivity index (χ0n) is 9.03. The van der Waals surface area contributed by atoms with Crippen LogP contribution in [0.15, 0.2) is 29.2 Å². The number of hydrogen-bond donors (Lipinski definition) is 0. The van der Waals surface area contributed by atoms with Gasteiger partial charge in [-0.2, -0.15) is 0 Å². The highest BCUT2D eigenvalue weighted by atomic mass is 32.2. The van der Waals surface area contributed by atoms with E-state index in [2.05, 4.69) is 0 Å². The maximum Gasteiger partial charge on any atom is 0.152 e. The van der Waals surface area contributed by atoms with Crippen molar-refractivity contribution in [2.24, 2.45) is 0 Å². The first kappa shape index (κ1) is 6.80. The summed E-state index contributed by atoms with van der Waals surface area (Å²) in [5.74, 6) is 0.669. The van der Waals surface area contributed by atoms with Crippen LogP contribution in [-0.2, 0) is 11.2 Å². The summed E-state index contributed by atoms with van der Waals surface area (Å²) in [4.78, 5) is 0.471. The van der Waals surface area contributed by atoms with Crippen molar-refractivity contribution in [3.63, 3.8) is 0 Å². The van der Waals surface area contributed by atoms with E-state index in [0.717, 1.165) is 0 Å². The lowest BCUT2D eigenvalue weighted by Crippen LogP contribution is -2.03. The Balaban J connectivity index is 2.87. The number of methoxy groups -OCH3 is 1. The van der Waals surface area contributed by atoms with Crippen LogP contribution in [0.3, 0.4) is 0 Å². The second-order valence-corrected chi connectivity index (χ2v) is 3.57. The van der Waals surface area contributed by atoms with Gasteiger partial charge < -0.3 is 9.29 Å². The zero-order valence-corrected chi connectivity index (χ0v) is 7.85. The summed E-state index contributed by atoms with van der Waals surface area (Å²) in [7, 11) is 1.55. The number of ether oxygens (including phenoxy) is 1. The van der Waals surface area contributed by atoms with E-state index in [-0.39, 0.29) is 0 Å². The Bertz CT molecular complexity index is 295. The van der Waals surface area contributed by atoms with Gasteiger partial charge in [0.05, 0.1) is 9.85 Å². The first-order valence-electron chi connectivity index (χ1n) is 4.51. The minimum atomic E-state index is -1.71. The maximum absolute atomic E-state index is 11.6. The average Bonchev–Trinajstić information content (AvgIpc) is 2.15. The molecule has 0 aliphatic carbocycles. The molecule has 3 heteroatoms. The van der Waals surface area contributed by atoms with Crippen molar-refractivity contribution in [1.29, 1.82) is 0 Å². The third kappa shape index (κ3) is 2.16. The molecular formula is C9H12O2S. The molecule has 0 amide bonds. The summed E-state index contributed by atoms with van der Waals surface area (Å²) in [6.45, 7) is 1.30. The van der Waals surface area contributed by atoms with Crippen molar-refractivity contribution in [3.8, 4) is 5.75 Å². The molecule has 0 N–H and O–H groups in total. The number of benzene rings is 1. The van der Waals surface area contributed by atoms with Crippen molar-refractivity contribution in [1.82, 2.24) is 0 Å². The Kier molecular flexibility index (Phi) is 2.48. The van der Waals surface area contributed by atoms with Gasteiger partial charge in [-0.1, -0.05) is 0 Å².